The van der Waals surface area contributed by atoms with Crippen LogP contribution in [0.4, 0.5) is 0 Å². The van der Waals surface area contributed by atoms with Crippen LogP contribution in [0, 0.1) is 0 Å². The predicted molar refractivity (Wildman–Crippen MR) is 94.8 cm³/mol. The van der Waals surface area contributed by atoms with Crippen molar-refractivity contribution >= 4 is 10.9 Å². The van der Waals surface area contributed by atoms with Crippen LogP contribution in [0.5, 0.6) is 0 Å². The van der Waals surface area contributed by atoms with E-state index in [9.17, 15) is 4.79 Å². The summed E-state index contributed by atoms with van der Waals surface area (Å²) in [5.74, 6) is 0.894. The minimum atomic E-state index is 0.0611. The number of benzene rings is 2. The summed E-state index contributed by atoms with van der Waals surface area (Å²) in [4.78, 5) is 17.7. The van der Waals surface area contributed by atoms with Crippen molar-refractivity contribution in [2.45, 2.75) is 39.2 Å². The molecule has 3 nitrogen and oxygen atoms in total. The number of fused-ring (bicyclic) bond motifs is 1. The third-order valence-corrected chi connectivity index (χ3v) is 4.13. The van der Waals surface area contributed by atoms with Crippen LogP contribution in [0.2, 0.25) is 0 Å². The molecule has 0 fully saturated rings. The summed E-state index contributed by atoms with van der Waals surface area (Å²) < 4.78 is 1.84. The molecule has 0 amide bonds. The van der Waals surface area contributed by atoms with E-state index >= 15 is 0 Å². The number of aromatic nitrogens is 2. The lowest BCUT2D eigenvalue weighted by molar-refractivity contribution is 0.628. The standard InChI is InChI=1S/C20H22N2O/c1-2-3-5-14-19-21-18-13-9-8-12-17(18)20(23)22(19)15-16-10-6-4-7-11-16/h4,6-13H,2-3,5,14-15H2,1H3. The number of aryl methyl sites for hydroxylation is 1. The molecule has 0 aliphatic heterocycles. The molecule has 0 aliphatic rings. The zero-order chi connectivity index (χ0) is 16.1. The van der Waals surface area contributed by atoms with E-state index in [1.807, 2.05) is 47.0 Å². The Morgan fingerprint density at radius 1 is 0.957 bits per heavy atom. The number of unbranched alkanes of at least 4 members (excludes halogenated alkanes) is 2. The minimum Gasteiger partial charge on any atom is -0.292 e. The smallest absolute Gasteiger partial charge is 0.261 e. The molecule has 0 N–H and O–H groups in total. The maximum atomic E-state index is 12.9. The molecular weight excluding hydrogens is 284 g/mol. The summed E-state index contributed by atoms with van der Waals surface area (Å²) in [6, 6.07) is 17.7. The Morgan fingerprint density at radius 3 is 2.48 bits per heavy atom. The molecule has 0 radical (unpaired) electrons. The predicted octanol–water partition coefficient (Wildman–Crippen LogP) is 4.18. The Labute approximate surface area is 136 Å². The molecule has 2 aromatic carbocycles. The molecule has 0 saturated heterocycles. The van der Waals surface area contributed by atoms with Crippen molar-refractivity contribution < 1.29 is 0 Å². The fourth-order valence-corrected chi connectivity index (χ4v) is 2.87. The highest BCUT2D eigenvalue weighted by Crippen LogP contribution is 2.12. The van der Waals surface area contributed by atoms with Gasteiger partial charge in [0.2, 0.25) is 0 Å². The molecule has 1 heterocycles. The van der Waals surface area contributed by atoms with Crippen LogP contribution >= 0.6 is 0 Å². The zero-order valence-electron chi connectivity index (χ0n) is 13.5. The average Bonchev–Trinajstić information content (AvgIpc) is 2.59. The summed E-state index contributed by atoms with van der Waals surface area (Å²) >= 11 is 0. The number of rotatable bonds is 6. The molecule has 3 aromatic rings. The van der Waals surface area contributed by atoms with Crippen LogP contribution in [0.3, 0.4) is 0 Å². The van der Waals surface area contributed by atoms with Gasteiger partial charge < -0.3 is 0 Å². The molecular formula is C20H22N2O. The van der Waals surface area contributed by atoms with Crippen molar-refractivity contribution in [3.05, 3.63) is 76.3 Å². The number of hydrogen-bond acceptors (Lipinski definition) is 2. The van der Waals surface area contributed by atoms with Gasteiger partial charge in [-0.2, -0.15) is 0 Å². The van der Waals surface area contributed by atoms with E-state index in [-0.39, 0.29) is 5.56 Å². The second-order valence-electron chi connectivity index (χ2n) is 5.88. The molecule has 0 atom stereocenters. The second-order valence-corrected chi connectivity index (χ2v) is 5.88. The lowest BCUT2D eigenvalue weighted by Gasteiger charge is -2.13. The van der Waals surface area contributed by atoms with E-state index in [0.717, 1.165) is 42.6 Å². The van der Waals surface area contributed by atoms with Gasteiger partial charge in [-0.15, -0.1) is 0 Å². The summed E-state index contributed by atoms with van der Waals surface area (Å²) in [7, 11) is 0. The van der Waals surface area contributed by atoms with Crippen molar-refractivity contribution in [2.75, 3.05) is 0 Å². The van der Waals surface area contributed by atoms with Gasteiger partial charge in [-0.05, 0) is 24.1 Å². The first-order valence-corrected chi connectivity index (χ1v) is 8.32. The molecule has 23 heavy (non-hydrogen) atoms. The van der Waals surface area contributed by atoms with Crippen LogP contribution < -0.4 is 5.56 Å². The molecule has 3 rings (SSSR count). The van der Waals surface area contributed by atoms with Crippen LogP contribution in [0.25, 0.3) is 10.9 Å². The quantitative estimate of drug-likeness (QED) is 0.640. The highest BCUT2D eigenvalue weighted by molar-refractivity contribution is 5.77. The molecule has 118 valence electrons. The third-order valence-electron chi connectivity index (χ3n) is 4.13. The molecule has 0 unspecified atom stereocenters. The van der Waals surface area contributed by atoms with Crippen LogP contribution in [0.1, 0.15) is 37.6 Å². The number of nitrogens with zero attached hydrogens (tertiary/aromatic N) is 2. The molecule has 0 aliphatic carbocycles. The van der Waals surface area contributed by atoms with Gasteiger partial charge in [-0.1, -0.05) is 62.2 Å². The monoisotopic (exact) mass is 306 g/mol. The third kappa shape index (κ3) is 3.50. The maximum absolute atomic E-state index is 12.9. The largest absolute Gasteiger partial charge is 0.292 e. The van der Waals surface area contributed by atoms with Gasteiger partial charge in [0.1, 0.15) is 5.82 Å². The second kappa shape index (κ2) is 7.23. The van der Waals surface area contributed by atoms with E-state index in [0.29, 0.717) is 11.9 Å². The molecule has 0 bridgehead atoms. The van der Waals surface area contributed by atoms with Crippen molar-refractivity contribution in [2.24, 2.45) is 0 Å². The van der Waals surface area contributed by atoms with E-state index in [1.54, 1.807) is 0 Å². The zero-order valence-corrected chi connectivity index (χ0v) is 13.5. The van der Waals surface area contributed by atoms with Crippen LogP contribution in [0.15, 0.2) is 59.4 Å². The summed E-state index contributed by atoms with van der Waals surface area (Å²) in [6.07, 6.45) is 4.24. The first-order chi connectivity index (χ1) is 11.3. The Morgan fingerprint density at radius 2 is 1.70 bits per heavy atom. The van der Waals surface area contributed by atoms with Gasteiger partial charge in [0.15, 0.2) is 0 Å². The highest BCUT2D eigenvalue weighted by atomic mass is 16.1. The van der Waals surface area contributed by atoms with Gasteiger partial charge in [-0.25, -0.2) is 4.98 Å². The summed E-state index contributed by atoms with van der Waals surface area (Å²) in [5.41, 5.74) is 1.99. The highest BCUT2D eigenvalue weighted by Gasteiger charge is 2.11. The van der Waals surface area contributed by atoms with E-state index in [1.165, 1.54) is 0 Å². The maximum Gasteiger partial charge on any atom is 0.261 e. The van der Waals surface area contributed by atoms with E-state index < -0.39 is 0 Å². The molecule has 1 aromatic heterocycles. The van der Waals surface area contributed by atoms with Gasteiger partial charge in [-0.3, -0.25) is 9.36 Å². The molecule has 0 spiro atoms. The fourth-order valence-electron chi connectivity index (χ4n) is 2.87. The van der Waals surface area contributed by atoms with Crippen LogP contribution in [-0.4, -0.2) is 9.55 Å². The number of hydrogen-bond donors (Lipinski definition) is 0. The van der Waals surface area contributed by atoms with Gasteiger partial charge in [0.25, 0.3) is 5.56 Å². The lowest BCUT2D eigenvalue weighted by Crippen LogP contribution is -2.26. The minimum absolute atomic E-state index is 0.0611. The lowest BCUT2D eigenvalue weighted by atomic mass is 10.1. The van der Waals surface area contributed by atoms with Gasteiger partial charge in [0, 0.05) is 6.42 Å². The Hall–Kier alpha value is -2.42. The first kappa shape index (κ1) is 15.5. The number of para-hydroxylation sites is 1. The van der Waals surface area contributed by atoms with Crippen molar-refractivity contribution in [1.82, 2.24) is 9.55 Å². The van der Waals surface area contributed by atoms with Gasteiger partial charge in [0.05, 0.1) is 17.4 Å². The normalized spacial score (nSPS) is 11.0. The van der Waals surface area contributed by atoms with E-state index in [2.05, 4.69) is 19.1 Å². The molecule has 0 saturated carbocycles. The topological polar surface area (TPSA) is 34.9 Å². The SMILES string of the molecule is CCCCCc1nc2ccccc2c(=O)n1Cc1ccccc1. The summed E-state index contributed by atoms with van der Waals surface area (Å²) in [6.45, 7) is 2.77. The summed E-state index contributed by atoms with van der Waals surface area (Å²) in [5, 5.41) is 0.697. The van der Waals surface area contributed by atoms with Crippen LogP contribution in [-0.2, 0) is 13.0 Å². The fraction of sp³-hybridized carbons (Fsp3) is 0.300. The Balaban J connectivity index is 2.06. The Kier molecular flexibility index (Phi) is 4.86. The van der Waals surface area contributed by atoms with Crippen molar-refractivity contribution in [1.29, 1.82) is 0 Å². The molecule has 3 heteroatoms. The van der Waals surface area contributed by atoms with Crippen molar-refractivity contribution in [3.8, 4) is 0 Å². The van der Waals surface area contributed by atoms with Gasteiger partial charge >= 0.3 is 0 Å². The Bertz CT molecular complexity index is 837. The van der Waals surface area contributed by atoms with E-state index in [4.69, 9.17) is 4.98 Å². The average molecular weight is 306 g/mol. The first-order valence-electron chi connectivity index (χ1n) is 8.32. The van der Waals surface area contributed by atoms with Crippen molar-refractivity contribution in [3.63, 3.8) is 0 Å².